The van der Waals surface area contributed by atoms with Gasteiger partial charge in [-0.2, -0.15) is 0 Å². The Balaban J connectivity index is 2.10. The van der Waals surface area contributed by atoms with Crippen molar-refractivity contribution in [2.75, 3.05) is 0 Å². The average molecular weight is 203 g/mol. The minimum absolute atomic E-state index is 0.361. The molecule has 1 aliphatic carbocycles. The largest absolute Gasteiger partial charge is 0.327 e. The third-order valence-electron chi connectivity index (χ3n) is 3.81. The van der Waals surface area contributed by atoms with Crippen molar-refractivity contribution in [2.24, 2.45) is 17.6 Å². The van der Waals surface area contributed by atoms with Gasteiger partial charge in [0.15, 0.2) is 0 Å². The van der Waals surface area contributed by atoms with E-state index in [0.717, 1.165) is 18.3 Å². The van der Waals surface area contributed by atoms with Crippen LogP contribution in [-0.4, -0.2) is 6.04 Å². The fourth-order valence-corrected chi connectivity index (χ4v) is 2.51. The molecule has 0 aromatic heterocycles. The lowest BCUT2D eigenvalue weighted by molar-refractivity contribution is 0.558. The Kier molecular flexibility index (Phi) is 2.83. The van der Waals surface area contributed by atoms with Crippen LogP contribution in [0.25, 0.3) is 0 Å². The van der Waals surface area contributed by atoms with Gasteiger partial charge in [-0.3, -0.25) is 0 Å². The van der Waals surface area contributed by atoms with Crippen molar-refractivity contribution >= 4 is 0 Å². The van der Waals surface area contributed by atoms with Gasteiger partial charge in [-0.15, -0.1) is 0 Å². The van der Waals surface area contributed by atoms with Crippen molar-refractivity contribution < 1.29 is 0 Å². The molecule has 1 aromatic rings. The van der Waals surface area contributed by atoms with Gasteiger partial charge < -0.3 is 5.73 Å². The van der Waals surface area contributed by atoms with Gasteiger partial charge in [-0.25, -0.2) is 0 Å². The Morgan fingerprint density at radius 2 is 1.87 bits per heavy atom. The van der Waals surface area contributed by atoms with Crippen molar-refractivity contribution in [1.29, 1.82) is 0 Å². The first-order valence-corrected chi connectivity index (χ1v) is 5.90. The van der Waals surface area contributed by atoms with Crippen LogP contribution < -0.4 is 5.73 Å². The maximum absolute atomic E-state index is 6.24. The predicted octanol–water partition coefficient (Wildman–Crippen LogP) is 2.83. The lowest BCUT2D eigenvalue weighted by Gasteiger charge is -2.15. The summed E-state index contributed by atoms with van der Waals surface area (Å²) >= 11 is 0. The molecule has 82 valence electrons. The first-order valence-electron chi connectivity index (χ1n) is 5.90. The molecule has 1 fully saturated rings. The first kappa shape index (κ1) is 10.7. The fourth-order valence-electron chi connectivity index (χ4n) is 2.51. The average Bonchev–Trinajstić information content (AvgIpc) is 2.89. The summed E-state index contributed by atoms with van der Waals surface area (Å²) in [6, 6.07) is 6.86. The zero-order chi connectivity index (χ0) is 11.0. The minimum atomic E-state index is 0.361. The normalized spacial score (nSPS) is 26.4. The SMILES string of the molecule is Cc1cccc(C)c1CC(N)C1CC1C. The van der Waals surface area contributed by atoms with Crippen molar-refractivity contribution in [3.8, 4) is 0 Å². The van der Waals surface area contributed by atoms with E-state index in [4.69, 9.17) is 5.73 Å². The molecule has 3 atom stereocenters. The highest BCUT2D eigenvalue weighted by Gasteiger charge is 2.37. The van der Waals surface area contributed by atoms with Gasteiger partial charge in [0.25, 0.3) is 0 Å². The van der Waals surface area contributed by atoms with Crippen molar-refractivity contribution in [3.63, 3.8) is 0 Å². The second-order valence-electron chi connectivity index (χ2n) is 5.12. The van der Waals surface area contributed by atoms with E-state index in [1.54, 1.807) is 0 Å². The summed E-state index contributed by atoms with van der Waals surface area (Å²) in [7, 11) is 0. The number of benzene rings is 1. The van der Waals surface area contributed by atoms with Crippen LogP contribution in [0.15, 0.2) is 18.2 Å². The van der Waals surface area contributed by atoms with Gasteiger partial charge in [0.2, 0.25) is 0 Å². The molecule has 15 heavy (non-hydrogen) atoms. The Morgan fingerprint density at radius 3 is 2.33 bits per heavy atom. The quantitative estimate of drug-likeness (QED) is 0.803. The fraction of sp³-hybridized carbons (Fsp3) is 0.571. The number of rotatable bonds is 3. The minimum Gasteiger partial charge on any atom is -0.327 e. The Labute approximate surface area is 92.7 Å². The summed E-state index contributed by atoms with van der Waals surface area (Å²) in [6.45, 7) is 6.67. The van der Waals surface area contributed by atoms with Crippen LogP contribution in [0.4, 0.5) is 0 Å². The van der Waals surface area contributed by atoms with Gasteiger partial charge in [0, 0.05) is 6.04 Å². The molecule has 2 rings (SSSR count). The summed E-state index contributed by atoms with van der Waals surface area (Å²) in [4.78, 5) is 0. The van der Waals surface area contributed by atoms with Crippen LogP contribution in [0.3, 0.4) is 0 Å². The molecule has 0 bridgehead atoms. The topological polar surface area (TPSA) is 26.0 Å². The van der Waals surface area contributed by atoms with Gasteiger partial charge in [-0.05, 0) is 55.2 Å². The van der Waals surface area contributed by atoms with E-state index < -0.39 is 0 Å². The highest BCUT2D eigenvalue weighted by Crippen LogP contribution is 2.40. The van der Waals surface area contributed by atoms with Crippen molar-refractivity contribution in [1.82, 2.24) is 0 Å². The molecule has 1 nitrogen and oxygen atoms in total. The van der Waals surface area contributed by atoms with E-state index in [9.17, 15) is 0 Å². The number of aryl methyl sites for hydroxylation is 2. The molecule has 1 aliphatic rings. The van der Waals surface area contributed by atoms with Crippen LogP contribution in [0.2, 0.25) is 0 Å². The van der Waals surface area contributed by atoms with Crippen LogP contribution >= 0.6 is 0 Å². The highest BCUT2D eigenvalue weighted by atomic mass is 14.7. The number of hydrogen-bond acceptors (Lipinski definition) is 1. The van der Waals surface area contributed by atoms with Crippen LogP contribution in [0, 0.1) is 25.7 Å². The second kappa shape index (κ2) is 3.97. The zero-order valence-electron chi connectivity index (χ0n) is 9.96. The van der Waals surface area contributed by atoms with E-state index >= 15 is 0 Å². The zero-order valence-corrected chi connectivity index (χ0v) is 9.96. The summed E-state index contributed by atoms with van der Waals surface area (Å²) in [6.07, 6.45) is 2.37. The molecule has 0 heterocycles. The molecule has 2 N–H and O–H groups in total. The van der Waals surface area contributed by atoms with Crippen LogP contribution in [0.1, 0.15) is 30.0 Å². The van der Waals surface area contributed by atoms with Crippen LogP contribution in [-0.2, 0) is 6.42 Å². The van der Waals surface area contributed by atoms with Gasteiger partial charge in [-0.1, -0.05) is 25.1 Å². The lowest BCUT2D eigenvalue weighted by Crippen LogP contribution is -2.26. The molecular weight excluding hydrogens is 182 g/mol. The molecule has 0 spiro atoms. The van der Waals surface area contributed by atoms with Crippen molar-refractivity contribution in [3.05, 3.63) is 34.9 Å². The Hall–Kier alpha value is -0.820. The maximum atomic E-state index is 6.24. The number of nitrogens with two attached hydrogens (primary N) is 1. The van der Waals surface area contributed by atoms with E-state index in [0.29, 0.717) is 6.04 Å². The molecule has 0 amide bonds. The highest BCUT2D eigenvalue weighted by molar-refractivity contribution is 5.34. The molecule has 0 aliphatic heterocycles. The maximum Gasteiger partial charge on any atom is 0.0111 e. The summed E-state index contributed by atoms with van der Waals surface area (Å²) in [5.41, 5.74) is 10.5. The van der Waals surface area contributed by atoms with E-state index in [-0.39, 0.29) is 0 Å². The van der Waals surface area contributed by atoms with E-state index in [1.807, 2.05) is 0 Å². The van der Waals surface area contributed by atoms with Gasteiger partial charge in [0.05, 0.1) is 0 Å². The molecule has 1 heteroatoms. The van der Waals surface area contributed by atoms with E-state index in [1.165, 1.54) is 23.1 Å². The van der Waals surface area contributed by atoms with Crippen LogP contribution in [0.5, 0.6) is 0 Å². The first-order chi connectivity index (χ1) is 7.09. The second-order valence-corrected chi connectivity index (χ2v) is 5.12. The lowest BCUT2D eigenvalue weighted by atomic mass is 9.94. The molecule has 0 radical (unpaired) electrons. The van der Waals surface area contributed by atoms with Gasteiger partial charge in [0.1, 0.15) is 0 Å². The van der Waals surface area contributed by atoms with Gasteiger partial charge >= 0.3 is 0 Å². The third kappa shape index (κ3) is 2.23. The molecule has 1 saturated carbocycles. The Morgan fingerprint density at radius 1 is 1.33 bits per heavy atom. The monoisotopic (exact) mass is 203 g/mol. The molecule has 1 aromatic carbocycles. The summed E-state index contributed by atoms with van der Waals surface area (Å²) in [5, 5.41) is 0. The van der Waals surface area contributed by atoms with E-state index in [2.05, 4.69) is 39.0 Å². The predicted molar refractivity (Wildman–Crippen MR) is 64.9 cm³/mol. The van der Waals surface area contributed by atoms with Crippen molar-refractivity contribution in [2.45, 2.75) is 39.7 Å². The molecule has 0 saturated heterocycles. The molecular formula is C14H21N. The third-order valence-corrected chi connectivity index (χ3v) is 3.81. The standard InChI is InChI=1S/C14H21N/c1-9-5-4-6-10(2)12(9)8-14(15)13-7-11(13)3/h4-6,11,13-14H,7-8,15H2,1-3H3. The number of hydrogen-bond donors (Lipinski definition) is 1. The summed E-state index contributed by atoms with van der Waals surface area (Å²) in [5.74, 6) is 1.62. The smallest absolute Gasteiger partial charge is 0.0111 e. The Bertz CT molecular complexity index is 336. The summed E-state index contributed by atoms with van der Waals surface area (Å²) < 4.78 is 0. The molecule has 3 unspecified atom stereocenters.